The summed E-state index contributed by atoms with van der Waals surface area (Å²) in [4.78, 5) is 11.9. The molecule has 0 bridgehead atoms. The normalized spacial score (nSPS) is 15.3. The highest BCUT2D eigenvalue weighted by molar-refractivity contribution is 5.74. The first kappa shape index (κ1) is 19.5. The Morgan fingerprint density at radius 2 is 2.00 bits per heavy atom. The summed E-state index contributed by atoms with van der Waals surface area (Å²) in [5.74, 6) is 1.86. The Balaban J connectivity index is 2.41. The maximum absolute atomic E-state index is 11.9. The molecule has 1 aromatic rings. The summed E-state index contributed by atoms with van der Waals surface area (Å²) in [6.07, 6.45) is 0. The Hall–Kier alpha value is -1.53. The number of carbonyl (C=O) groups excluding carboxylic acids is 1. The monoisotopic (exact) mass is 326 g/mol. The predicted molar refractivity (Wildman–Crippen MR) is 89.4 cm³/mol. The molecule has 2 unspecified atom stereocenters. The second-order valence-corrected chi connectivity index (χ2v) is 6.76. The minimum atomic E-state index is -1.18. The molecule has 2 amide bonds. The molecule has 1 aromatic heterocycles. The third-order valence-electron chi connectivity index (χ3n) is 3.41. The third kappa shape index (κ3) is 6.62. The molecule has 0 aromatic carbocycles. The fourth-order valence-corrected chi connectivity index (χ4v) is 2.31. The van der Waals surface area contributed by atoms with Gasteiger partial charge in [-0.25, -0.2) is 4.79 Å². The number of rotatable bonds is 8. The largest absolute Gasteiger partial charge is 0.466 e. The molecule has 0 spiro atoms. The van der Waals surface area contributed by atoms with Crippen LogP contribution in [0.1, 0.15) is 44.8 Å². The molecule has 23 heavy (non-hydrogen) atoms. The number of aliphatic hydroxyl groups is 1. The lowest BCUT2D eigenvalue weighted by atomic mass is 9.96. The van der Waals surface area contributed by atoms with Gasteiger partial charge in [-0.1, -0.05) is 13.8 Å². The van der Waals surface area contributed by atoms with Gasteiger partial charge in [-0.15, -0.1) is 0 Å². The van der Waals surface area contributed by atoms with Gasteiger partial charge in [0.15, 0.2) is 0 Å². The summed E-state index contributed by atoms with van der Waals surface area (Å²) in [6.45, 7) is 12.5. The lowest BCUT2D eigenvalue weighted by Crippen LogP contribution is -2.47. The van der Waals surface area contributed by atoms with Crippen molar-refractivity contribution in [1.82, 2.24) is 10.6 Å². The summed E-state index contributed by atoms with van der Waals surface area (Å²) >= 11 is 0. The van der Waals surface area contributed by atoms with Crippen LogP contribution in [0, 0.1) is 19.8 Å². The Bertz CT molecular complexity index is 509. The summed E-state index contributed by atoms with van der Waals surface area (Å²) in [5.41, 5.74) is -0.500. The van der Waals surface area contributed by atoms with Crippen molar-refractivity contribution in [3.05, 3.63) is 23.2 Å². The summed E-state index contributed by atoms with van der Waals surface area (Å²) in [7, 11) is 0. The molecule has 1 rings (SSSR count). The van der Waals surface area contributed by atoms with Gasteiger partial charge in [0.1, 0.15) is 17.1 Å². The first-order valence-corrected chi connectivity index (χ1v) is 8.04. The second kappa shape index (κ2) is 8.36. The Morgan fingerprint density at radius 3 is 2.52 bits per heavy atom. The molecule has 0 fully saturated rings. The van der Waals surface area contributed by atoms with Crippen molar-refractivity contribution in [2.24, 2.45) is 5.92 Å². The van der Waals surface area contributed by atoms with E-state index in [-0.39, 0.29) is 18.6 Å². The number of hydrogen-bond donors (Lipinski definition) is 3. The van der Waals surface area contributed by atoms with E-state index in [9.17, 15) is 9.90 Å². The van der Waals surface area contributed by atoms with Gasteiger partial charge in [0.25, 0.3) is 0 Å². The summed E-state index contributed by atoms with van der Waals surface area (Å²) in [6, 6.07) is 1.36. The molecule has 6 heteroatoms. The quantitative estimate of drug-likeness (QED) is 0.685. The van der Waals surface area contributed by atoms with Crippen molar-refractivity contribution in [2.75, 3.05) is 19.8 Å². The lowest BCUT2D eigenvalue weighted by Gasteiger charge is -2.24. The van der Waals surface area contributed by atoms with Gasteiger partial charge >= 0.3 is 6.03 Å². The SMILES string of the molecule is Cc1cc(C(C)(O)CNC(=O)NC(C)COCC(C)C)c(C)o1. The van der Waals surface area contributed by atoms with E-state index in [1.54, 1.807) is 19.9 Å². The van der Waals surface area contributed by atoms with E-state index in [0.29, 0.717) is 30.5 Å². The molecule has 0 aliphatic carbocycles. The topological polar surface area (TPSA) is 83.7 Å². The van der Waals surface area contributed by atoms with Crippen molar-refractivity contribution in [3.8, 4) is 0 Å². The van der Waals surface area contributed by atoms with Crippen LogP contribution in [-0.4, -0.2) is 36.9 Å². The number of urea groups is 1. The Morgan fingerprint density at radius 1 is 1.35 bits per heavy atom. The average Bonchev–Trinajstić information content (AvgIpc) is 2.76. The molecule has 0 radical (unpaired) electrons. The van der Waals surface area contributed by atoms with Crippen LogP contribution >= 0.6 is 0 Å². The number of furan rings is 1. The van der Waals surface area contributed by atoms with Crippen molar-refractivity contribution in [3.63, 3.8) is 0 Å². The van der Waals surface area contributed by atoms with Crippen molar-refractivity contribution in [1.29, 1.82) is 0 Å². The second-order valence-electron chi connectivity index (χ2n) is 6.76. The zero-order chi connectivity index (χ0) is 17.6. The number of carbonyl (C=O) groups is 1. The van der Waals surface area contributed by atoms with Crippen molar-refractivity contribution in [2.45, 2.75) is 53.2 Å². The van der Waals surface area contributed by atoms with Crippen molar-refractivity contribution >= 4 is 6.03 Å². The van der Waals surface area contributed by atoms with Crippen LogP contribution in [0.4, 0.5) is 4.79 Å². The van der Waals surface area contributed by atoms with Crippen LogP contribution in [0.3, 0.4) is 0 Å². The zero-order valence-electron chi connectivity index (χ0n) is 15.0. The number of amides is 2. The van der Waals surface area contributed by atoms with Crippen LogP contribution in [0.2, 0.25) is 0 Å². The number of ether oxygens (including phenoxy) is 1. The van der Waals surface area contributed by atoms with Crippen LogP contribution < -0.4 is 10.6 Å². The minimum Gasteiger partial charge on any atom is -0.466 e. The van der Waals surface area contributed by atoms with E-state index in [1.807, 2.05) is 13.8 Å². The highest BCUT2D eigenvalue weighted by atomic mass is 16.5. The maximum atomic E-state index is 11.9. The van der Waals surface area contributed by atoms with Crippen LogP contribution in [0.15, 0.2) is 10.5 Å². The van der Waals surface area contributed by atoms with Gasteiger partial charge < -0.3 is 24.9 Å². The molecule has 0 aliphatic rings. The van der Waals surface area contributed by atoms with Crippen LogP contribution in [0.25, 0.3) is 0 Å². The van der Waals surface area contributed by atoms with Gasteiger partial charge in [-0.3, -0.25) is 0 Å². The van der Waals surface area contributed by atoms with Gasteiger partial charge in [0, 0.05) is 12.2 Å². The highest BCUT2D eigenvalue weighted by Crippen LogP contribution is 2.26. The number of hydrogen-bond acceptors (Lipinski definition) is 4. The molecule has 6 nitrogen and oxygen atoms in total. The summed E-state index contributed by atoms with van der Waals surface area (Å²) in [5, 5.41) is 16.0. The smallest absolute Gasteiger partial charge is 0.315 e. The minimum absolute atomic E-state index is 0.0955. The number of aryl methyl sites for hydroxylation is 2. The fraction of sp³-hybridized carbons (Fsp3) is 0.706. The predicted octanol–water partition coefficient (Wildman–Crippen LogP) is 2.46. The molecule has 0 aliphatic heterocycles. The number of nitrogens with one attached hydrogen (secondary N) is 2. The Kier molecular flexibility index (Phi) is 7.09. The molecule has 2 atom stereocenters. The Labute approximate surface area is 138 Å². The fourth-order valence-electron chi connectivity index (χ4n) is 2.31. The van der Waals surface area contributed by atoms with E-state index in [2.05, 4.69) is 24.5 Å². The first-order chi connectivity index (χ1) is 10.6. The van der Waals surface area contributed by atoms with E-state index >= 15 is 0 Å². The van der Waals surface area contributed by atoms with Gasteiger partial charge in [0.2, 0.25) is 0 Å². The van der Waals surface area contributed by atoms with E-state index in [1.165, 1.54) is 0 Å². The van der Waals surface area contributed by atoms with Crippen molar-refractivity contribution < 1.29 is 19.1 Å². The molecule has 0 saturated heterocycles. The molecule has 0 saturated carbocycles. The van der Waals surface area contributed by atoms with Gasteiger partial charge in [-0.05, 0) is 39.7 Å². The molecular weight excluding hydrogens is 296 g/mol. The third-order valence-corrected chi connectivity index (χ3v) is 3.41. The van der Waals surface area contributed by atoms with Crippen LogP contribution in [0.5, 0.6) is 0 Å². The molecular formula is C17H30N2O4. The lowest BCUT2D eigenvalue weighted by molar-refractivity contribution is 0.0572. The first-order valence-electron chi connectivity index (χ1n) is 8.04. The standard InChI is InChI=1S/C17H30N2O4/c1-11(2)8-22-9-12(3)19-16(20)18-10-17(6,21)15-7-13(4)23-14(15)5/h7,11-12,21H,8-10H2,1-6H3,(H2,18,19,20). The molecule has 3 N–H and O–H groups in total. The molecule has 1 heterocycles. The van der Waals surface area contributed by atoms with E-state index in [0.717, 1.165) is 5.76 Å². The zero-order valence-corrected chi connectivity index (χ0v) is 15.0. The van der Waals surface area contributed by atoms with Crippen LogP contribution in [-0.2, 0) is 10.3 Å². The maximum Gasteiger partial charge on any atom is 0.315 e. The van der Waals surface area contributed by atoms with Gasteiger partial charge in [0.05, 0.1) is 19.2 Å². The van der Waals surface area contributed by atoms with Gasteiger partial charge in [-0.2, -0.15) is 0 Å². The van der Waals surface area contributed by atoms with E-state index < -0.39 is 5.60 Å². The average molecular weight is 326 g/mol. The summed E-state index contributed by atoms with van der Waals surface area (Å²) < 4.78 is 10.9. The van der Waals surface area contributed by atoms with E-state index in [4.69, 9.17) is 9.15 Å². The molecule has 132 valence electrons. The highest BCUT2D eigenvalue weighted by Gasteiger charge is 2.28.